The summed E-state index contributed by atoms with van der Waals surface area (Å²) in [7, 11) is 0. The Morgan fingerprint density at radius 3 is 2.82 bits per heavy atom. The van der Waals surface area contributed by atoms with Crippen LogP contribution in [0, 0.1) is 0 Å². The third-order valence-electron chi connectivity index (χ3n) is 2.32. The minimum atomic E-state index is -0.186. The molecule has 0 aromatic heterocycles. The van der Waals surface area contributed by atoms with Crippen molar-refractivity contribution in [2.45, 2.75) is 51.7 Å². The fourth-order valence-electron chi connectivity index (χ4n) is 1.59. The normalized spacial score (nSPS) is 39.2. The predicted octanol–water partition coefficient (Wildman–Crippen LogP) is 1.92. The Balaban J connectivity index is 2.62. The first-order valence-corrected chi connectivity index (χ1v) is 4.25. The van der Waals surface area contributed by atoms with Crippen LogP contribution in [0.4, 0.5) is 0 Å². The Hall–Kier alpha value is -0.370. The summed E-state index contributed by atoms with van der Waals surface area (Å²) >= 11 is 0. The van der Waals surface area contributed by atoms with Crippen LogP contribution >= 0.6 is 0 Å². The molecule has 0 saturated carbocycles. The van der Waals surface area contributed by atoms with Crippen LogP contribution < -0.4 is 0 Å². The van der Waals surface area contributed by atoms with E-state index in [-0.39, 0.29) is 11.7 Å². The quantitative estimate of drug-likeness (QED) is 0.579. The second kappa shape index (κ2) is 2.94. The van der Waals surface area contributed by atoms with Crippen molar-refractivity contribution in [1.82, 2.24) is 0 Å². The number of rotatable bonds is 1. The van der Waals surface area contributed by atoms with Crippen LogP contribution in [-0.4, -0.2) is 17.5 Å². The summed E-state index contributed by atoms with van der Waals surface area (Å²) in [6.07, 6.45) is 2.22. The van der Waals surface area contributed by atoms with E-state index in [2.05, 4.69) is 6.92 Å². The first kappa shape index (κ1) is 8.72. The summed E-state index contributed by atoms with van der Waals surface area (Å²) in [5, 5.41) is 0. The molecule has 0 spiro atoms. The van der Waals surface area contributed by atoms with Crippen LogP contribution in [0.1, 0.15) is 40.0 Å². The first-order chi connectivity index (χ1) is 5.06. The van der Waals surface area contributed by atoms with E-state index in [0.29, 0.717) is 18.6 Å². The summed E-state index contributed by atoms with van der Waals surface area (Å²) in [6, 6.07) is 0. The number of carbonyl (C=O) groups excluding carboxylic acids is 1. The first-order valence-electron chi connectivity index (χ1n) is 4.25. The Labute approximate surface area is 67.9 Å². The average molecular weight is 156 g/mol. The van der Waals surface area contributed by atoms with Crippen LogP contribution in [0.25, 0.3) is 0 Å². The van der Waals surface area contributed by atoms with Crippen LogP contribution in [-0.2, 0) is 9.53 Å². The highest BCUT2D eigenvalue weighted by Gasteiger charge is 2.33. The molecule has 0 N–H and O–H groups in total. The van der Waals surface area contributed by atoms with Crippen molar-refractivity contribution in [3.8, 4) is 0 Å². The standard InChI is InChI=1S/C9H16O2/c1-4-9(3)6-8(10)5-7(2)11-9/h7H,4-6H2,1-3H3. The van der Waals surface area contributed by atoms with E-state index in [1.807, 2.05) is 13.8 Å². The topological polar surface area (TPSA) is 26.3 Å². The molecule has 2 heteroatoms. The van der Waals surface area contributed by atoms with Gasteiger partial charge in [0.2, 0.25) is 0 Å². The lowest BCUT2D eigenvalue weighted by atomic mass is 9.90. The van der Waals surface area contributed by atoms with Crippen LogP contribution in [0.15, 0.2) is 0 Å². The van der Waals surface area contributed by atoms with E-state index >= 15 is 0 Å². The molecule has 1 aliphatic heterocycles. The van der Waals surface area contributed by atoms with Crippen molar-refractivity contribution in [3.63, 3.8) is 0 Å². The van der Waals surface area contributed by atoms with Crippen molar-refractivity contribution in [2.24, 2.45) is 0 Å². The Morgan fingerprint density at radius 2 is 2.36 bits per heavy atom. The van der Waals surface area contributed by atoms with E-state index in [1.54, 1.807) is 0 Å². The van der Waals surface area contributed by atoms with Crippen molar-refractivity contribution < 1.29 is 9.53 Å². The minimum Gasteiger partial charge on any atom is -0.371 e. The molecule has 11 heavy (non-hydrogen) atoms. The lowest BCUT2D eigenvalue weighted by Gasteiger charge is -2.35. The Morgan fingerprint density at radius 1 is 1.73 bits per heavy atom. The van der Waals surface area contributed by atoms with E-state index in [1.165, 1.54) is 0 Å². The minimum absolute atomic E-state index is 0.112. The second-order valence-corrected chi connectivity index (χ2v) is 3.65. The summed E-state index contributed by atoms with van der Waals surface area (Å²) in [6.45, 7) is 6.04. The molecule has 1 saturated heterocycles. The SMILES string of the molecule is CCC1(C)CC(=O)CC(C)O1. The summed E-state index contributed by atoms with van der Waals surface area (Å²) in [5.41, 5.74) is -0.186. The van der Waals surface area contributed by atoms with Gasteiger partial charge in [-0.05, 0) is 20.3 Å². The maximum atomic E-state index is 11.2. The molecule has 1 rings (SSSR count). The lowest BCUT2D eigenvalue weighted by molar-refractivity contribution is -0.149. The van der Waals surface area contributed by atoms with Crippen molar-refractivity contribution in [1.29, 1.82) is 0 Å². The number of ether oxygens (including phenoxy) is 1. The fourth-order valence-corrected chi connectivity index (χ4v) is 1.59. The Kier molecular flexibility index (Phi) is 2.33. The summed E-state index contributed by atoms with van der Waals surface area (Å²) < 4.78 is 5.67. The molecule has 0 aromatic rings. The van der Waals surface area contributed by atoms with E-state index in [4.69, 9.17) is 4.74 Å². The fraction of sp³-hybridized carbons (Fsp3) is 0.889. The number of hydrogen-bond acceptors (Lipinski definition) is 2. The third kappa shape index (κ3) is 2.03. The molecule has 1 fully saturated rings. The highest BCUT2D eigenvalue weighted by atomic mass is 16.5. The molecule has 0 aromatic carbocycles. The van der Waals surface area contributed by atoms with Gasteiger partial charge in [-0.15, -0.1) is 0 Å². The van der Waals surface area contributed by atoms with Crippen LogP contribution in [0.2, 0.25) is 0 Å². The largest absolute Gasteiger partial charge is 0.371 e. The van der Waals surface area contributed by atoms with Gasteiger partial charge >= 0.3 is 0 Å². The van der Waals surface area contributed by atoms with Gasteiger partial charge in [0.25, 0.3) is 0 Å². The third-order valence-corrected chi connectivity index (χ3v) is 2.32. The van der Waals surface area contributed by atoms with E-state index in [9.17, 15) is 4.79 Å². The molecule has 0 bridgehead atoms. The maximum absolute atomic E-state index is 11.2. The predicted molar refractivity (Wildman–Crippen MR) is 43.5 cm³/mol. The van der Waals surface area contributed by atoms with Gasteiger partial charge in [-0.3, -0.25) is 4.79 Å². The van der Waals surface area contributed by atoms with E-state index < -0.39 is 0 Å². The number of ketones is 1. The molecule has 0 aliphatic carbocycles. The highest BCUT2D eigenvalue weighted by Crippen LogP contribution is 2.28. The number of carbonyl (C=O) groups is 1. The zero-order valence-corrected chi connectivity index (χ0v) is 7.52. The van der Waals surface area contributed by atoms with Crippen LogP contribution in [0.5, 0.6) is 0 Å². The van der Waals surface area contributed by atoms with Gasteiger partial charge in [-0.2, -0.15) is 0 Å². The zero-order valence-electron chi connectivity index (χ0n) is 7.52. The molecular formula is C9H16O2. The average Bonchev–Trinajstić information content (AvgIpc) is 1.84. The van der Waals surface area contributed by atoms with Gasteiger partial charge in [0, 0.05) is 12.8 Å². The molecule has 2 nitrogen and oxygen atoms in total. The molecular weight excluding hydrogens is 140 g/mol. The summed E-state index contributed by atoms with van der Waals surface area (Å²) in [4.78, 5) is 11.2. The van der Waals surface area contributed by atoms with Crippen molar-refractivity contribution in [3.05, 3.63) is 0 Å². The maximum Gasteiger partial charge on any atom is 0.138 e. The van der Waals surface area contributed by atoms with Gasteiger partial charge in [0.05, 0.1) is 11.7 Å². The zero-order chi connectivity index (χ0) is 8.48. The molecule has 0 radical (unpaired) electrons. The van der Waals surface area contributed by atoms with Gasteiger partial charge in [-0.1, -0.05) is 6.92 Å². The highest BCUT2D eigenvalue weighted by molar-refractivity contribution is 5.80. The Bertz CT molecular complexity index is 165. The van der Waals surface area contributed by atoms with Gasteiger partial charge in [0.1, 0.15) is 5.78 Å². The molecule has 2 unspecified atom stereocenters. The van der Waals surface area contributed by atoms with Gasteiger partial charge < -0.3 is 4.74 Å². The molecule has 1 aliphatic rings. The number of Topliss-reactive ketones (excluding diaryl/α,β-unsaturated/α-hetero) is 1. The van der Waals surface area contributed by atoms with Crippen LogP contribution in [0.3, 0.4) is 0 Å². The summed E-state index contributed by atoms with van der Waals surface area (Å²) in [5.74, 6) is 0.341. The van der Waals surface area contributed by atoms with Crippen molar-refractivity contribution >= 4 is 5.78 Å². The molecule has 1 heterocycles. The number of hydrogen-bond donors (Lipinski definition) is 0. The smallest absolute Gasteiger partial charge is 0.138 e. The molecule has 64 valence electrons. The lowest BCUT2D eigenvalue weighted by Crippen LogP contribution is -2.40. The second-order valence-electron chi connectivity index (χ2n) is 3.65. The van der Waals surface area contributed by atoms with E-state index in [0.717, 1.165) is 6.42 Å². The van der Waals surface area contributed by atoms with Gasteiger partial charge in [-0.25, -0.2) is 0 Å². The molecule has 2 atom stereocenters. The monoisotopic (exact) mass is 156 g/mol. The molecule has 0 amide bonds. The van der Waals surface area contributed by atoms with Crippen molar-refractivity contribution in [2.75, 3.05) is 0 Å². The van der Waals surface area contributed by atoms with Gasteiger partial charge in [0.15, 0.2) is 0 Å².